The van der Waals surface area contributed by atoms with Crippen molar-refractivity contribution in [2.75, 3.05) is 0 Å². The molecule has 2 saturated carbocycles. The average molecular weight is 574 g/mol. The number of Topliss-reactive ketones (excluding diaryl/α,β-unsaturated/α-hetero) is 2. The van der Waals surface area contributed by atoms with E-state index >= 15 is 0 Å². The van der Waals surface area contributed by atoms with Gasteiger partial charge in [0.1, 0.15) is 5.78 Å². The van der Waals surface area contributed by atoms with Crippen molar-refractivity contribution in [1.82, 2.24) is 0 Å². The second-order valence-corrected chi connectivity index (χ2v) is 11.2. The quantitative estimate of drug-likeness (QED) is 0.352. The van der Waals surface area contributed by atoms with Gasteiger partial charge in [0.2, 0.25) is 0 Å². The highest BCUT2D eigenvalue weighted by Gasteiger charge is 2.45. The lowest BCUT2D eigenvalue weighted by molar-refractivity contribution is -0.126. The van der Waals surface area contributed by atoms with Crippen LogP contribution in [0.15, 0.2) is 48.5 Å². The number of alkyl halides is 1. The molecule has 2 aliphatic rings. The van der Waals surface area contributed by atoms with Gasteiger partial charge in [-0.1, -0.05) is 76.2 Å². The van der Waals surface area contributed by atoms with Crippen molar-refractivity contribution < 1.29 is 9.59 Å². The number of nitrogens with zero attached hydrogens (tertiary/aromatic N) is 2. The Hall–Kier alpha value is -2.18. The lowest BCUT2D eigenvalue weighted by atomic mass is 9.67. The van der Waals surface area contributed by atoms with Crippen molar-refractivity contribution in [3.05, 3.63) is 69.7 Å². The molecule has 4 nitrogen and oxygen atoms in total. The molecule has 0 heterocycles. The van der Waals surface area contributed by atoms with Crippen LogP contribution in [0.2, 0.25) is 10.0 Å². The van der Waals surface area contributed by atoms with E-state index in [0.717, 1.165) is 49.7 Å². The SMILES string of the molecule is N#CCC1(c2ccc(Cl)cc2)CCCC(Br)C1=O.N#CCC1(c2ccc(Cl)cc2)CCCCC1=O. The van der Waals surface area contributed by atoms with Crippen LogP contribution in [-0.4, -0.2) is 16.4 Å². The summed E-state index contributed by atoms with van der Waals surface area (Å²) in [6.07, 6.45) is 6.36. The summed E-state index contributed by atoms with van der Waals surface area (Å²) in [5.41, 5.74) is 0.597. The van der Waals surface area contributed by atoms with Crippen LogP contribution in [0.5, 0.6) is 0 Å². The van der Waals surface area contributed by atoms with E-state index < -0.39 is 10.8 Å². The Morgan fingerprint density at radius 3 is 1.80 bits per heavy atom. The molecule has 0 radical (unpaired) electrons. The molecule has 2 aromatic carbocycles. The maximum absolute atomic E-state index is 12.5. The summed E-state index contributed by atoms with van der Waals surface area (Å²) in [5, 5.41) is 19.3. The number of carbonyl (C=O) groups excluding carboxylic acids is 2. The van der Waals surface area contributed by atoms with Gasteiger partial charge in [0.25, 0.3) is 0 Å². The average Bonchev–Trinajstić information content (AvgIpc) is 2.85. The first-order valence-electron chi connectivity index (χ1n) is 11.8. The molecule has 2 fully saturated rings. The standard InChI is InChI=1S/C14H13BrClNO.C14H14ClNO/c15-12-2-1-7-14(8-9-17,13(12)18)10-3-5-11(16)6-4-10;15-12-6-4-11(5-7-12)14(9-10-16)8-2-1-3-13(14)17/h3-6,12H,1-2,7-8H2;4-7H,1-3,8-9H2. The fourth-order valence-corrected chi connectivity index (χ4v) is 6.21. The molecule has 3 atom stereocenters. The van der Waals surface area contributed by atoms with Crippen molar-refractivity contribution in [2.24, 2.45) is 0 Å². The summed E-state index contributed by atoms with van der Waals surface area (Å²) < 4.78 is 0. The van der Waals surface area contributed by atoms with Gasteiger partial charge in [0.05, 0.1) is 40.6 Å². The monoisotopic (exact) mass is 572 g/mol. The molecule has 0 amide bonds. The number of rotatable bonds is 4. The predicted octanol–water partition coefficient (Wildman–Crippen LogP) is 7.64. The summed E-state index contributed by atoms with van der Waals surface area (Å²) in [7, 11) is 0. The van der Waals surface area contributed by atoms with Gasteiger partial charge in [0, 0.05) is 16.5 Å². The van der Waals surface area contributed by atoms with E-state index in [2.05, 4.69) is 28.1 Å². The highest BCUT2D eigenvalue weighted by molar-refractivity contribution is 9.10. The number of hydrogen-bond donors (Lipinski definition) is 0. The van der Waals surface area contributed by atoms with E-state index in [0.29, 0.717) is 16.5 Å². The number of ketones is 2. The highest BCUT2D eigenvalue weighted by atomic mass is 79.9. The Bertz CT molecular complexity index is 1140. The zero-order valence-electron chi connectivity index (χ0n) is 19.4. The molecule has 3 unspecified atom stereocenters. The normalized spacial score (nSPS) is 26.1. The van der Waals surface area contributed by atoms with Gasteiger partial charge in [0.15, 0.2) is 5.78 Å². The van der Waals surface area contributed by atoms with Crippen LogP contribution in [0.1, 0.15) is 68.9 Å². The van der Waals surface area contributed by atoms with Crippen molar-refractivity contribution >= 4 is 50.7 Å². The molecule has 2 aromatic rings. The van der Waals surface area contributed by atoms with E-state index in [1.807, 2.05) is 24.3 Å². The molecule has 0 aromatic heterocycles. The molecule has 0 spiro atoms. The molecule has 0 aliphatic heterocycles. The Balaban J connectivity index is 0.000000196. The van der Waals surface area contributed by atoms with E-state index in [1.54, 1.807) is 24.3 Å². The summed E-state index contributed by atoms with van der Waals surface area (Å²) in [6.45, 7) is 0. The van der Waals surface area contributed by atoms with Gasteiger partial charge < -0.3 is 0 Å². The van der Waals surface area contributed by atoms with Crippen LogP contribution < -0.4 is 0 Å². The van der Waals surface area contributed by atoms with E-state index in [9.17, 15) is 9.59 Å². The van der Waals surface area contributed by atoms with Crippen molar-refractivity contribution in [1.29, 1.82) is 10.5 Å². The van der Waals surface area contributed by atoms with Crippen LogP contribution in [-0.2, 0) is 20.4 Å². The third kappa shape index (κ3) is 5.97. The van der Waals surface area contributed by atoms with Gasteiger partial charge in [-0.3, -0.25) is 9.59 Å². The lowest BCUT2D eigenvalue weighted by Crippen LogP contribution is -2.43. The summed E-state index contributed by atoms with van der Waals surface area (Å²) in [6, 6.07) is 19.0. The van der Waals surface area contributed by atoms with E-state index in [-0.39, 0.29) is 29.2 Å². The minimum atomic E-state index is -0.661. The number of carbonyl (C=O) groups is 2. The topological polar surface area (TPSA) is 81.7 Å². The fourth-order valence-electron chi connectivity index (χ4n) is 5.19. The second kappa shape index (κ2) is 12.2. The highest BCUT2D eigenvalue weighted by Crippen LogP contribution is 2.42. The zero-order chi connectivity index (χ0) is 25.5. The number of benzene rings is 2. The smallest absolute Gasteiger partial charge is 0.157 e. The molecule has 0 N–H and O–H groups in total. The summed E-state index contributed by atoms with van der Waals surface area (Å²) in [4.78, 5) is 24.6. The Morgan fingerprint density at radius 1 is 0.800 bits per heavy atom. The Labute approximate surface area is 225 Å². The van der Waals surface area contributed by atoms with Crippen LogP contribution >= 0.6 is 39.1 Å². The molecule has 35 heavy (non-hydrogen) atoms. The largest absolute Gasteiger partial charge is 0.299 e. The predicted molar refractivity (Wildman–Crippen MR) is 142 cm³/mol. The van der Waals surface area contributed by atoms with Gasteiger partial charge in [-0.15, -0.1) is 0 Å². The molecular formula is C28H27BrCl2N2O2. The molecule has 4 rings (SSSR count). The van der Waals surface area contributed by atoms with Gasteiger partial charge >= 0.3 is 0 Å². The lowest BCUT2D eigenvalue weighted by Gasteiger charge is -2.36. The van der Waals surface area contributed by atoms with Crippen molar-refractivity contribution in [3.63, 3.8) is 0 Å². The first kappa shape index (κ1) is 27.4. The minimum absolute atomic E-state index is 0.123. The third-order valence-corrected chi connectivity index (χ3v) is 8.54. The van der Waals surface area contributed by atoms with E-state index in [4.69, 9.17) is 33.7 Å². The first-order chi connectivity index (χ1) is 16.8. The molecular weight excluding hydrogens is 547 g/mol. The number of nitriles is 2. The van der Waals surface area contributed by atoms with Crippen LogP contribution in [0.3, 0.4) is 0 Å². The maximum Gasteiger partial charge on any atom is 0.157 e. The number of hydrogen-bond acceptors (Lipinski definition) is 4. The Morgan fingerprint density at radius 2 is 1.29 bits per heavy atom. The molecule has 0 bridgehead atoms. The van der Waals surface area contributed by atoms with Gasteiger partial charge in [-0.2, -0.15) is 10.5 Å². The first-order valence-corrected chi connectivity index (χ1v) is 13.4. The van der Waals surface area contributed by atoms with Crippen LogP contribution in [0.4, 0.5) is 0 Å². The minimum Gasteiger partial charge on any atom is -0.299 e. The second-order valence-electron chi connectivity index (χ2n) is 9.20. The van der Waals surface area contributed by atoms with Crippen LogP contribution in [0.25, 0.3) is 0 Å². The zero-order valence-corrected chi connectivity index (χ0v) is 22.5. The third-order valence-electron chi connectivity index (χ3n) is 7.16. The maximum atomic E-state index is 12.5. The molecule has 2 aliphatic carbocycles. The van der Waals surface area contributed by atoms with Crippen molar-refractivity contribution in [2.45, 2.75) is 73.4 Å². The summed E-state index contributed by atoms with van der Waals surface area (Å²) in [5.74, 6) is 0.324. The van der Waals surface area contributed by atoms with Gasteiger partial charge in [-0.25, -0.2) is 0 Å². The van der Waals surface area contributed by atoms with Gasteiger partial charge in [-0.05, 0) is 61.1 Å². The molecule has 7 heteroatoms. The summed E-state index contributed by atoms with van der Waals surface area (Å²) >= 11 is 15.2. The van der Waals surface area contributed by atoms with Crippen LogP contribution in [0, 0.1) is 22.7 Å². The fraction of sp³-hybridized carbons (Fsp3) is 0.429. The Kier molecular flexibility index (Phi) is 9.54. The van der Waals surface area contributed by atoms with Crippen molar-refractivity contribution in [3.8, 4) is 12.1 Å². The molecule has 182 valence electrons. The molecule has 0 saturated heterocycles. The number of halogens is 3. The van der Waals surface area contributed by atoms with E-state index in [1.165, 1.54) is 0 Å².